The minimum atomic E-state index is 0.393. The molecule has 96 valence electrons. The Morgan fingerprint density at radius 3 is 2.35 bits per heavy atom. The topological polar surface area (TPSA) is 15.3 Å². The van der Waals surface area contributed by atoms with Gasteiger partial charge in [-0.1, -0.05) is 25.1 Å². The van der Waals surface area contributed by atoms with E-state index in [1.807, 2.05) is 7.05 Å². The van der Waals surface area contributed by atoms with Crippen LogP contribution in [-0.2, 0) is 0 Å². The summed E-state index contributed by atoms with van der Waals surface area (Å²) >= 11 is 0. The zero-order valence-electron chi connectivity index (χ0n) is 11.8. The summed E-state index contributed by atoms with van der Waals surface area (Å²) in [6.07, 6.45) is 1.18. The third kappa shape index (κ3) is 3.22. The highest BCUT2D eigenvalue weighted by atomic mass is 15.2. The van der Waals surface area contributed by atoms with Crippen LogP contribution in [0.3, 0.4) is 0 Å². The van der Waals surface area contributed by atoms with Crippen molar-refractivity contribution in [3.8, 4) is 0 Å². The Balaban J connectivity index is 3.10. The van der Waals surface area contributed by atoms with Crippen LogP contribution < -0.4 is 10.2 Å². The van der Waals surface area contributed by atoms with Crippen LogP contribution in [0.4, 0.5) is 5.69 Å². The predicted octanol–water partition coefficient (Wildman–Crippen LogP) is 3.59. The monoisotopic (exact) mass is 234 g/mol. The number of hydrogen-bond donors (Lipinski definition) is 1. The van der Waals surface area contributed by atoms with E-state index in [1.54, 1.807) is 0 Å². The average Bonchev–Trinajstić information content (AvgIpc) is 2.39. The van der Waals surface area contributed by atoms with Gasteiger partial charge in [-0.3, -0.25) is 0 Å². The molecule has 0 bridgehead atoms. The van der Waals surface area contributed by atoms with Crippen LogP contribution in [0.1, 0.15) is 45.7 Å². The first-order valence-electron chi connectivity index (χ1n) is 6.68. The van der Waals surface area contributed by atoms with E-state index in [1.165, 1.54) is 17.7 Å². The molecule has 17 heavy (non-hydrogen) atoms. The molecule has 1 N–H and O–H groups in total. The summed E-state index contributed by atoms with van der Waals surface area (Å²) in [5, 5.41) is 3.33. The van der Waals surface area contributed by atoms with Gasteiger partial charge in [-0.2, -0.15) is 0 Å². The summed E-state index contributed by atoms with van der Waals surface area (Å²) in [4.78, 5) is 2.49. The van der Waals surface area contributed by atoms with Gasteiger partial charge >= 0.3 is 0 Å². The zero-order chi connectivity index (χ0) is 12.8. The van der Waals surface area contributed by atoms with E-state index in [0.29, 0.717) is 12.1 Å². The van der Waals surface area contributed by atoms with Crippen molar-refractivity contribution in [2.45, 2.75) is 46.2 Å². The Labute approximate surface area is 106 Å². The molecule has 0 radical (unpaired) electrons. The molecule has 0 saturated heterocycles. The summed E-state index contributed by atoms with van der Waals surface area (Å²) in [7, 11) is 2.01. The van der Waals surface area contributed by atoms with Crippen molar-refractivity contribution < 1.29 is 0 Å². The predicted molar refractivity (Wildman–Crippen MR) is 76.7 cm³/mol. The lowest BCUT2D eigenvalue weighted by Gasteiger charge is -2.32. The number of rotatable bonds is 6. The van der Waals surface area contributed by atoms with Crippen molar-refractivity contribution in [2.24, 2.45) is 0 Å². The fourth-order valence-corrected chi connectivity index (χ4v) is 2.21. The minimum Gasteiger partial charge on any atom is -0.369 e. The van der Waals surface area contributed by atoms with E-state index in [0.717, 1.165) is 6.54 Å². The molecule has 0 aliphatic heterocycles. The Kier molecular flexibility index (Phi) is 5.49. The van der Waals surface area contributed by atoms with Crippen molar-refractivity contribution in [1.29, 1.82) is 0 Å². The van der Waals surface area contributed by atoms with Gasteiger partial charge in [-0.05, 0) is 45.9 Å². The molecule has 2 atom stereocenters. The summed E-state index contributed by atoms with van der Waals surface area (Å²) in [6, 6.07) is 9.69. The lowest BCUT2D eigenvalue weighted by molar-refractivity contribution is 0.609. The van der Waals surface area contributed by atoms with Gasteiger partial charge < -0.3 is 10.2 Å². The van der Waals surface area contributed by atoms with Gasteiger partial charge in [-0.15, -0.1) is 0 Å². The number of benzene rings is 1. The number of para-hydroxylation sites is 1. The lowest BCUT2D eigenvalue weighted by atomic mass is 10.0. The largest absolute Gasteiger partial charge is 0.369 e. The van der Waals surface area contributed by atoms with Gasteiger partial charge in [0.25, 0.3) is 0 Å². The second-order valence-corrected chi connectivity index (χ2v) is 4.61. The fraction of sp³-hybridized carbons (Fsp3) is 0.600. The fourth-order valence-electron chi connectivity index (χ4n) is 2.21. The van der Waals surface area contributed by atoms with Crippen LogP contribution in [0.15, 0.2) is 24.3 Å². The van der Waals surface area contributed by atoms with Gasteiger partial charge in [-0.25, -0.2) is 0 Å². The molecule has 2 unspecified atom stereocenters. The number of hydrogen-bond acceptors (Lipinski definition) is 2. The molecule has 1 aromatic rings. The van der Waals surface area contributed by atoms with Crippen LogP contribution in [0, 0.1) is 0 Å². The number of anilines is 1. The summed E-state index contributed by atoms with van der Waals surface area (Å²) in [5.74, 6) is 0. The Morgan fingerprint density at radius 1 is 1.18 bits per heavy atom. The SMILES string of the molecule is CCC(C)N(CC)c1ccccc1C(C)NC. The van der Waals surface area contributed by atoms with Crippen LogP contribution in [0.25, 0.3) is 0 Å². The molecule has 0 saturated carbocycles. The van der Waals surface area contributed by atoms with E-state index in [2.05, 4.69) is 62.2 Å². The molecule has 1 rings (SSSR count). The van der Waals surface area contributed by atoms with E-state index in [4.69, 9.17) is 0 Å². The normalized spacial score (nSPS) is 14.4. The lowest BCUT2D eigenvalue weighted by Crippen LogP contribution is -2.33. The molecule has 2 heteroatoms. The first-order valence-corrected chi connectivity index (χ1v) is 6.68. The quantitative estimate of drug-likeness (QED) is 0.809. The van der Waals surface area contributed by atoms with Crippen molar-refractivity contribution in [2.75, 3.05) is 18.5 Å². The summed E-state index contributed by atoms with van der Waals surface area (Å²) in [5.41, 5.74) is 2.75. The van der Waals surface area contributed by atoms with E-state index >= 15 is 0 Å². The molecule has 0 aliphatic carbocycles. The molecule has 2 nitrogen and oxygen atoms in total. The van der Waals surface area contributed by atoms with Crippen LogP contribution >= 0.6 is 0 Å². The molecule has 0 amide bonds. The van der Waals surface area contributed by atoms with Crippen LogP contribution in [0.5, 0.6) is 0 Å². The van der Waals surface area contributed by atoms with Gasteiger partial charge in [0, 0.05) is 24.3 Å². The molecule has 0 aromatic heterocycles. The molecule has 0 heterocycles. The molecule has 0 spiro atoms. The van der Waals surface area contributed by atoms with Gasteiger partial charge in [0.15, 0.2) is 0 Å². The Morgan fingerprint density at radius 2 is 1.82 bits per heavy atom. The van der Waals surface area contributed by atoms with Crippen molar-refractivity contribution in [3.63, 3.8) is 0 Å². The second-order valence-electron chi connectivity index (χ2n) is 4.61. The number of nitrogens with one attached hydrogen (secondary N) is 1. The highest BCUT2D eigenvalue weighted by molar-refractivity contribution is 5.55. The van der Waals surface area contributed by atoms with Crippen molar-refractivity contribution in [1.82, 2.24) is 5.32 Å². The van der Waals surface area contributed by atoms with E-state index < -0.39 is 0 Å². The minimum absolute atomic E-state index is 0.393. The average molecular weight is 234 g/mol. The first kappa shape index (κ1) is 14.0. The van der Waals surface area contributed by atoms with Crippen LogP contribution in [-0.4, -0.2) is 19.6 Å². The number of nitrogens with zero attached hydrogens (tertiary/aromatic N) is 1. The van der Waals surface area contributed by atoms with E-state index in [9.17, 15) is 0 Å². The van der Waals surface area contributed by atoms with Gasteiger partial charge in [0.1, 0.15) is 0 Å². The highest BCUT2D eigenvalue weighted by Crippen LogP contribution is 2.27. The van der Waals surface area contributed by atoms with Crippen molar-refractivity contribution in [3.05, 3.63) is 29.8 Å². The van der Waals surface area contributed by atoms with E-state index in [-0.39, 0.29) is 0 Å². The van der Waals surface area contributed by atoms with Gasteiger partial charge in [0.2, 0.25) is 0 Å². The summed E-state index contributed by atoms with van der Waals surface area (Å²) in [6.45, 7) is 10.0. The smallest absolute Gasteiger partial charge is 0.0416 e. The third-order valence-corrected chi connectivity index (χ3v) is 3.61. The summed E-state index contributed by atoms with van der Waals surface area (Å²) < 4.78 is 0. The maximum Gasteiger partial charge on any atom is 0.0416 e. The Hall–Kier alpha value is -1.02. The molecule has 1 aromatic carbocycles. The van der Waals surface area contributed by atoms with Gasteiger partial charge in [0.05, 0.1) is 0 Å². The molecular weight excluding hydrogens is 208 g/mol. The van der Waals surface area contributed by atoms with Crippen molar-refractivity contribution >= 4 is 5.69 Å². The maximum absolute atomic E-state index is 3.33. The standard InChI is InChI=1S/C15H26N2/c1-6-12(3)17(7-2)15-11-9-8-10-14(15)13(4)16-5/h8-13,16H,6-7H2,1-5H3. The molecular formula is C15H26N2. The molecule has 0 aliphatic rings. The Bertz CT molecular complexity index is 335. The second kappa shape index (κ2) is 6.65. The maximum atomic E-state index is 3.33. The zero-order valence-corrected chi connectivity index (χ0v) is 11.8. The highest BCUT2D eigenvalue weighted by Gasteiger charge is 2.16. The molecule has 0 fully saturated rings. The first-order chi connectivity index (χ1) is 8.15. The third-order valence-electron chi connectivity index (χ3n) is 3.61. The van der Waals surface area contributed by atoms with Crippen LogP contribution in [0.2, 0.25) is 0 Å².